The standard InChI is InChI=1S/C16H13N3O5/c20-15(21)10-18-16(22)12-3-5-13(6-4-12)17-9-11-1-7-14(8-2-11)19(23)24/h1-9H,10H2,(H,18,22)(H,20,21)/p-1. The smallest absolute Gasteiger partial charge is 0.269 e. The van der Waals surface area contributed by atoms with Crippen LogP contribution in [0.15, 0.2) is 53.5 Å². The summed E-state index contributed by atoms with van der Waals surface area (Å²) >= 11 is 0. The fourth-order valence-corrected chi connectivity index (χ4v) is 1.78. The molecule has 0 saturated heterocycles. The molecule has 0 fully saturated rings. The number of benzene rings is 2. The quantitative estimate of drug-likeness (QED) is 0.478. The lowest BCUT2D eigenvalue weighted by Gasteiger charge is -2.05. The van der Waals surface area contributed by atoms with Crippen LogP contribution in [0.4, 0.5) is 11.4 Å². The molecule has 1 N–H and O–H groups in total. The molecule has 0 heterocycles. The van der Waals surface area contributed by atoms with Crippen LogP contribution in [0.5, 0.6) is 0 Å². The van der Waals surface area contributed by atoms with E-state index in [2.05, 4.69) is 10.3 Å². The van der Waals surface area contributed by atoms with Gasteiger partial charge < -0.3 is 15.2 Å². The second-order valence-electron chi connectivity index (χ2n) is 4.71. The summed E-state index contributed by atoms with van der Waals surface area (Å²) in [5.74, 6) is -1.89. The molecular weight excluding hydrogens is 314 g/mol. The normalized spacial score (nSPS) is 10.5. The molecule has 0 aliphatic rings. The van der Waals surface area contributed by atoms with Gasteiger partial charge in [0.05, 0.1) is 23.1 Å². The SMILES string of the molecule is O=C([O-])CNC(=O)c1ccc(N=Cc2ccc([N+](=O)[O-])cc2)cc1. The van der Waals surface area contributed by atoms with Crippen molar-refractivity contribution in [3.63, 3.8) is 0 Å². The first kappa shape index (κ1) is 16.8. The Labute approximate surface area is 136 Å². The van der Waals surface area contributed by atoms with Gasteiger partial charge in [-0.1, -0.05) is 0 Å². The van der Waals surface area contributed by atoms with E-state index in [-0.39, 0.29) is 5.69 Å². The van der Waals surface area contributed by atoms with Crippen LogP contribution in [0.25, 0.3) is 0 Å². The van der Waals surface area contributed by atoms with Gasteiger partial charge in [-0.05, 0) is 42.0 Å². The molecule has 0 spiro atoms. The third-order valence-corrected chi connectivity index (χ3v) is 2.99. The molecule has 0 radical (unpaired) electrons. The highest BCUT2D eigenvalue weighted by atomic mass is 16.6. The fraction of sp³-hybridized carbons (Fsp3) is 0.0625. The van der Waals surface area contributed by atoms with Gasteiger partial charge in [-0.2, -0.15) is 0 Å². The number of aliphatic carboxylic acids is 1. The highest BCUT2D eigenvalue weighted by molar-refractivity contribution is 5.96. The summed E-state index contributed by atoms with van der Waals surface area (Å²) < 4.78 is 0. The van der Waals surface area contributed by atoms with Crippen molar-refractivity contribution in [2.24, 2.45) is 4.99 Å². The van der Waals surface area contributed by atoms with Crippen molar-refractivity contribution in [2.45, 2.75) is 0 Å². The van der Waals surface area contributed by atoms with Crippen molar-refractivity contribution in [3.05, 3.63) is 69.8 Å². The number of non-ortho nitro benzene ring substituents is 1. The predicted octanol–water partition coefficient (Wildman–Crippen LogP) is 0.825. The zero-order valence-corrected chi connectivity index (χ0v) is 12.3. The first-order valence-electron chi connectivity index (χ1n) is 6.82. The summed E-state index contributed by atoms with van der Waals surface area (Å²) in [6.45, 7) is -0.557. The number of amides is 1. The average Bonchev–Trinajstić information content (AvgIpc) is 2.58. The third kappa shape index (κ3) is 4.73. The molecule has 24 heavy (non-hydrogen) atoms. The predicted molar refractivity (Wildman–Crippen MR) is 84.1 cm³/mol. The van der Waals surface area contributed by atoms with Crippen LogP contribution in [0.2, 0.25) is 0 Å². The van der Waals surface area contributed by atoms with Crippen LogP contribution in [-0.2, 0) is 4.79 Å². The molecule has 1 amide bonds. The average molecular weight is 326 g/mol. The van der Waals surface area contributed by atoms with E-state index in [0.717, 1.165) is 0 Å². The van der Waals surface area contributed by atoms with Gasteiger partial charge in [0.1, 0.15) is 0 Å². The van der Waals surface area contributed by atoms with E-state index >= 15 is 0 Å². The number of rotatable bonds is 6. The summed E-state index contributed by atoms with van der Waals surface area (Å²) in [6.07, 6.45) is 1.54. The first-order valence-corrected chi connectivity index (χ1v) is 6.82. The van der Waals surface area contributed by atoms with E-state index in [1.165, 1.54) is 30.5 Å². The Bertz CT molecular complexity index is 782. The zero-order chi connectivity index (χ0) is 17.5. The molecule has 2 rings (SSSR count). The van der Waals surface area contributed by atoms with E-state index in [1.54, 1.807) is 24.3 Å². The van der Waals surface area contributed by atoms with E-state index in [9.17, 15) is 24.8 Å². The van der Waals surface area contributed by atoms with Crippen molar-refractivity contribution in [2.75, 3.05) is 6.54 Å². The van der Waals surface area contributed by atoms with Crippen LogP contribution >= 0.6 is 0 Å². The Morgan fingerprint density at radius 1 is 1.08 bits per heavy atom. The number of carbonyl (C=O) groups is 2. The van der Waals surface area contributed by atoms with Crippen LogP contribution in [-0.4, -0.2) is 29.6 Å². The van der Waals surface area contributed by atoms with Gasteiger partial charge >= 0.3 is 0 Å². The maximum Gasteiger partial charge on any atom is 0.269 e. The number of nitro benzene ring substituents is 1. The van der Waals surface area contributed by atoms with Crippen molar-refractivity contribution in [3.8, 4) is 0 Å². The number of hydrogen-bond donors (Lipinski definition) is 1. The van der Waals surface area contributed by atoms with E-state index in [1.807, 2.05) is 0 Å². The molecule has 0 atom stereocenters. The monoisotopic (exact) mass is 326 g/mol. The van der Waals surface area contributed by atoms with Crippen LogP contribution in [0.1, 0.15) is 15.9 Å². The molecule has 0 aliphatic carbocycles. The molecule has 0 saturated carbocycles. The van der Waals surface area contributed by atoms with Gasteiger partial charge in [-0.25, -0.2) is 0 Å². The lowest BCUT2D eigenvalue weighted by molar-refractivity contribution is -0.384. The van der Waals surface area contributed by atoms with Gasteiger partial charge in [0.25, 0.3) is 11.6 Å². The van der Waals surface area contributed by atoms with Crippen molar-refractivity contribution < 1.29 is 19.6 Å². The number of nitrogens with zero attached hydrogens (tertiary/aromatic N) is 2. The van der Waals surface area contributed by atoms with E-state index in [4.69, 9.17) is 0 Å². The van der Waals surface area contributed by atoms with Crippen molar-refractivity contribution >= 4 is 29.5 Å². The molecule has 8 heteroatoms. The highest BCUT2D eigenvalue weighted by Gasteiger charge is 2.05. The first-order chi connectivity index (χ1) is 11.5. The molecule has 0 aliphatic heterocycles. The Kier molecular flexibility index (Phi) is 5.35. The molecule has 0 unspecified atom stereocenters. The second kappa shape index (κ2) is 7.63. The number of carboxylic acid groups (broad SMARTS) is 1. The topological polar surface area (TPSA) is 125 Å². The Morgan fingerprint density at radius 3 is 2.25 bits per heavy atom. The summed E-state index contributed by atoms with van der Waals surface area (Å²) in [7, 11) is 0. The Hall–Kier alpha value is -3.55. The van der Waals surface area contributed by atoms with Gasteiger partial charge in [-0.15, -0.1) is 0 Å². The molecule has 8 nitrogen and oxygen atoms in total. The van der Waals surface area contributed by atoms with Crippen molar-refractivity contribution in [1.29, 1.82) is 0 Å². The summed E-state index contributed by atoms with van der Waals surface area (Å²) in [6, 6.07) is 12.1. The van der Waals surface area contributed by atoms with Crippen LogP contribution in [0.3, 0.4) is 0 Å². The molecule has 0 aromatic heterocycles. The van der Waals surface area contributed by atoms with Gasteiger partial charge in [0.15, 0.2) is 0 Å². The maximum atomic E-state index is 11.6. The Balaban J connectivity index is 2.01. The zero-order valence-electron chi connectivity index (χ0n) is 12.3. The number of hydrogen-bond acceptors (Lipinski definition) is 6. The van der Waals surface area contributed by atoms with Crippen LogP contribution < -0.4 is 10.4 Å². The van der Waals surface area contributed by atoms with Crippen molar-refractivity contribution in [1.82, 2.24) is 5.32 Å². The van der Waals surface area contributed by atoms with Gasteiger partial charge in [0.2, 0.25) is 0 Å². The summed E-state index contributed by atoms with van der Waals surface area (Å²) in [5, 5.41) is 23.0. The number of carboxylic acids is 1. The van der Waals surface area contributed by atoms with E-state index in [0.29, 0.717) is 16.8 Å². The number of nitro groups is 1. The van der Waals surface area contributed by atoms with Crippen LogP contribution in [0, 0.1) is 10.1 Å². The molecule has 0 bridgehead atoms. The van der Waals surface area contributed by atoms with Gasteiger partial charge in [0, 0.05) is 23.9 Å². The summed E-state index contributed by atoms with van der Waals surface area (Å²) in [5.41, 5.74) is 1.56. The largest absolute Gasteiger partial charge is 0.548 e. The minimum Gasteiger partial charge on any atom is -0.548 e. The molecule has 122 valence electrons. The second-order valence-corrected chi connectivity index (χ2v) is 4.71. The number of carbonyl (C=O) groups excluding carboxylic acids is 2. The molecule has 2 aromatic carbocycles. The lowest BCUT2D eigenvalue weighted by atomic mass is 10.2. The highest BCUT2D eigenvalue weighted by Crippen LogP contribution is 2.15. The third-order valence-electron chi connectivity index (χ3n) is 2.99. The van der Waals surface area contributed by atoms with Gasteiger partial charge in [-0.3, -0.25) is 19.9 Å². The molecular formula is C16H12N3O5-. The minimum atomic E-state index is -1.37. The maximum absolute atomic E-state index is 11.6. The minimum absolute atomic E-state index is 0.000855. The van der Waals surface area contributed by atoms with E-state index < -0.39 is 23.3 Å². The summed E-state index contributed by atoms with van der Waals surface area (Å²) in [4.78, 5) is 36.2. The lowest BCUT2D eigenvalue weighted by Crippen LogP contribution is -2.37. The number of nitrogens with one attached hydrogen (secondary N) is 1. The molecule has 2 aromatic rings. The Morgan fingerprint density at radius 2 is 1.71 bits per heavy atom. The number of aliphatic imine (C=N–C) groups is 1. The fourth-order valence-electron chi connectivity index (χ4n) is 1.78.